The first-order valence-electron chi connectivity index (χ1n) is 7.79. The van der Waals surface area contributed by atoms with E-state index in [-0.39, 0.29) is 17.1 Å². The molecule has 0 atom stereocenters. The van der Waals surface area contributed by atoms with Gasteiger partial charge in [-0.05, 0) is 48.0 Å². The number of aromatic nitrogens is 1. The van der Waals surface area contributed by atoms with Crippen LogP contribution in [0, 0.1) is 11.3 Å². The number of phenolic OH excluding ortho intramolecular Hbond substituents is 1. The van der Waals surface area contributed by atoms with E-state index in [2.05, 4.69) is 11.1 Å². The van der Waals surface area contributed by atoms with E-state index >= 15 is 0 Å². The fourth-order valence-electron chi connectivity index (χ4n) is 2.68. The molecule has 0 saturated heterocycles. The van der Waals surface area contributed by atoms with Gasteiger partial charge in [-0.25, -0.2) is 4.98 Å². The van der Waals surface area contributed by atoms with E-state index in [0.717, 1.165) is 11.3 Å². The van der Waals surface area contributed by atoms with Crippen LogP contribution in [0.2, 0.25) is 0 Å². The average Bonchev–Trinajstić information content (AvgIpc) is 2.67. The third-order valence-corrected chi connectivity index (χ3v) is 4.03. The van der Waals surface area contributed by atoms with Gasteiger partial charge in [-0.3, -0.25) is 0 Å². The lowest BCUT2D eigenvalue weighted by Gasteiger charge is -2.12. The molecule has 2 aromatic carbocycles. The highest BCUT2D eigenvalue weighted by molar-refractivity contribution is 5.81. The summed E-state index contributed by atoms with van der Waals surface area (Å²) in [4.78, 5) is 4.34. The predicted molar refractivity (Wildman–Crippen MR) is 99.0 cm³/mol. The minimum Gasteiger partial charge on any atom is -0.504 e. The van der Waals surface area contributed by atoms with Crippen LogP contribution in [0.4, 0.5) is 5.82 Å². The molecule has 3 rings (SSSR count). The van der Waals surface area contributed by atoms with Crippen molar-refractivity contribution >= 4 is 5.82 Å². The van der Waals surface area contributed by atoms with Gasteiger partial charge < -0.3 is 20.3 Å². The van der Waals surface area contributed by atoms with Crippen molar-refractivity contribution < 1.29 is 14.6 Å². The highest BCUT2D eigenvalue weighted by Crippen LogP contribution is 2.36. The second kappa shape index (κ2) is 7.03. The molecule has 0 aliphatic carbocycles. The Morgan fingerprint density at radius 3 is 2.27 bits per heavy atom. The van der Waals surface area contributed by atoms with Gasteiger partial charge in [0.05, 0.1) is 19.9 Å². The van der Waals surface area contributed by atoms with Crippen LogP contribution in [0.15, 0.2) is 48.5 Å². The van der Waals surface area contributed by atoms with Crippen LogP contribution in [0.5, 0.6) is 17.2 Å². The number of nitrogens with zero attached hydrogens (tertiary/aromatic N) is 2. The van der Waals surface area contributed by atoms with Crippen LogP contribution in [0.3, 0.4) is 0 Å². The fraction of sp³-hybridized carbons (Fsp3) is 0.100. The number of hydrogen-bond donors (Lipinski definition) is 2. The molecule has 0 saturated carbocycles. The number of nitrogens with two attached hydrogens (primary N) is 1. The van der Waals surface area contributed by atoms with Gasteiger partial charge in [0.2, 0.25) is 0 Å². The summed E-state index contributed by atoms with van der Waals surface area (Å²) in [6.07, 6.45) is 0. The number of phenols is 1. The number of hydrogen-bond acceptors (Lipinski definition) is 6. The zero-order chi connectivity index (χ0) is 18.7. The van der Waals surface area contributed by atoms with Crippen molar-refractivity contribution in [3.05, 3.63) is 54.1 Å². The van der Waals surface area contributed by atoms with Gasteiger partial charge in [0.15, 0.2) is 11.5 Å². The summed E-state index contributed by atoms with van der Waals surface area (Å²) in [5.41, 5.74) is 8.95. The number of aromatic hydroxyl groups is 1. The lowest BCUT2D eigenvalue weighted by atomic mass is 9.98. The van der Waals surface area contributed by atoms with Gasteiger partial charge in [-0.2, -0.15) is 5.26 Å². The van der Waals surface area contributed by atoms with E-state index in [0.29, 0.717) is 22.6 Å². The number of pyridine rings is 1. The molecular weight excluding hydrogens is 330 g/mol. The zero-order valence-electron chi connectivity index (χ0n) is 14.4. The van der Waals surface area contributed by atoms with Gasteiger partial charge in [-0.15, -0.1) is 0 Å². The van der Waals surface area contributed by atoms with Crippen LogP contribution >= 0.6 is 0 Å². The van der Waals surface area contributed by atoms with Gasteiger partial charge in [0, 0.05) is 11.1 Å². The Labute approximate surface area is 151 Å². The van der Waals surface area contributed by atoms with Crippen molar-refractivity contribution in [3.63, 3.8) is 0 Å². The molecule has 1 heterocycles. The molecular formula is C20H17N3O3. The van der Waals surface area contributed by atoms with Crippen molar-refractivity contribution in [1.82, 2.24) is 4.98 Å². The van der Waals surface area contributed by atoms with E-state index < -0.39 is 0 Å². The third kappa shape index (κ3) is 3.10. The molecule has 26 heavy (non-hydrogen) atoms. The smallest absolute Gasteiger partial charge is 0.160 e. The molecule has 0 radical (unpaired) electrons. The summed E-state index contributed by atoms with van der Waals surface area (Å²) in [6, 6.07) is 16.2. The molecule has 0 aliphatic rings. The number of rotatable bonds is 4. The average molecular weight is 347 g/mol. The van der Waals surface area contributed by atoms with E-state index in [1.165, 1.54) is 13.2 Å². The number of nitriles is 1. The number of nitrogen functional groups attached to an aromatic ring is 1. The first kappa shape index (κ1) is 17.1. The van der Waals surface area contributed by atoms with Crippen LogP contribution in [0.25, 0.3) is 22.4 Å². The Hall–Kier alpha value is -3.72. The van der Waals surface area contributed by atoms with Crippen molar-refractivity contribution in [2.45, 2.75) is 0 Å². The lowest BCUT2D eigenvalue weighted by molar-refractivity contribution is 0.373. The first-order chi connectivity index (χ1) is 12.6. The fourth-order valence-corrected chi connectivity index (χ4v) is 2.68. The molecule has 130 valence electrons. The molecule has 6 nitrogen and oxygen atoms in total. The quantitative estimate of drug-likeness (QED) is 0.748. The first-order valence-corrected chi connectivity index (χ1v) is 7.79. The van der Waals surface area contributed by atoms with E-state index in [4.69, 9.17) is 15.2 Å². The zero-order valence-corrected chi connectivity index (χ0v) is 14.4. The SMILES string of the molecule is COc1ccc(-c2cc(-c3ccc(OC)c(O)c3)c(C#N)c(N)n2)cc1. The summed E-state index contributed by atoms with van der Waals surface area (Å²) in [7, 11) is 3.07. The molecule has 0 spiro atoms. The molecule has 0 aliphatic heterocycles. The largest absolute Gasteiger partial charge is 0.504 e. The van der Waals surface area contributed by atoms with Crippen LogP contribution in [-0.2, 0) is 0 Å². The molecule has 3 N–H and O–H groups in total. The third-order valence-electron chi connectivity index (χ3n) is 4.03. The standard InChI is InChI=1S/C20H17N3O3/c1-25-14-6-3-12(4-7-14)17-10-15(16(11-21)20(22)23-17)13-5-8-19(26-2)18(24)9-13/h3-10,24H,1-2H3,(H2,22,23). The van der Waals surface area contributed by atoms with Crippen molar-refractivity contribution in [2.24, 2.45) is 0 Å². The van der Waals surface area contributed by atoms with E-state index in [1.54, 1.807) is 25.3 Å². The number of benzene rings is 2. The Morgan fingerprint density at radius 1 is 1.00 bits per heavy atom. The molecule has 1 aromatic heterocycles. The second-order valence-electron chi connectivity index (χ2n) is 5.54. The summed E-state index contributed by atoms with van der Waals surface area (Å²) in [6.45, 7) is 0. The van der Waals surface area contributed by atoms with Crippen molar-refractivity contribution in [1.29, 1.82) is 5.26 Å². The molecule has 0 unspecified atom stereocenters. The highest BCUT2D eigenvalue weighted by Gasteiger charge is 2.15. The van der Waals surface area contributed by atoms with E-state index in [9.17, 15) is 10.4 Å². The van der Waals surface area contributed by atoms with Gasteiger partial charge in [0.1, 0.15) is 23.2 Å². The molecule has 3 aromatic rings. The maximum Gasteiger partial charge on any atom is 0.160 e. The van der Waals surface area contributed by atoms with E-state index in [1.807, 2.05) is 24.3 Å². The summed E-state index contributed by atoms with van der Waals surface area (Å²) in [5.74, 6) is 1.20. The van der Waals surface area contributed by atoms with Crippen molar-refractivity contribution in [2.75, 3.05) is 20.0 Å². The normalized spacial score (nSPS) is 10.2. The molecule has 6 heteroatoms. The van der Waals surface area contributed by atoms with Gasteiger partial charge in [-0.1, -0.05) is 6.07 Å². The maximum atomic E-state index is 10.1. The summed E-state index contributed by atoms with van der Waals surface area (Å²) >= 11 is 0. The van der Waals surface area contributed by atoms with Crippen LogP contribution in [0.1, 0.15) is 5.56 Å². The summed E-state index contributed by atoms with van der Waals surface area (Å²) in [5, 5.41) is 19.5. The maximum absolute atomic E-state index is 10.1. The van der Waals surface area contributed by atoms with Gasteiger partial charge >= 0.3 is 0 Å². The minimum absolute atomic E-state index is 0.0183. The monoisotopic (exact) mass is 347 g/mol. The van der Waals surface area contributed by atoms with Crippen LogP contribution < -0.4 is 15.2 Å². The number of ether oxygens (including phenoxy) is 2. The Balaban J connectivity index is 2.16. The Morgan fingerprint density at radius 2 is 1.69 bits per heavy atom. The second-order valence-corrected chi connectivity index (χ2v) is 5.54. The Bertz CT molecular complexity index is 992. The predicted octanol–water partition coefficient (Wildman–Crippen LogP) is 3.59. The van der Waals surface area contributed by atoms with Crippen LogP contribution in [-0.4, -0.2) is 24.3 Å². The van der Waals surface area contributed by atoms with Crippen molar-refractivity contribution in [3.8, 4) is 45.7 Å². The molecule has 0 fully saturated rings. The minimum atomic E-state index is -0.0183. The topological polar surface area (TPSA) is 101 Å². The summed E-state index contributed by atoms with van der Waals surface area (Å²) < 4.78 is 10.2. The highest BCUT2D eigenvalue weighted by atomic mass is 16.5. The van der Waals surface area contributed by atoms with Gasteiger partial charge in [0.25, 0.3) is 0 Å². The molecule has 0 amide bonds. The number of methoxy groups -OCH3 is 2. The number of anilines is 1. The Kier molecular flexibility index (Phi) is 4.63. The molecule has 0 bridgehead atoms. The lowest BCUT2D eigenvalue weighted by Crippen LogP contribution is -2.00.